The molecule has 0 radical (unpaired) electrons. The molecular weight excluding hydrogens is 241 g/mol. The van der Waals surface area contributed by atoms with Crippen LogP contribution < -0.4 is 10.6 Å². The molecule has 2 aromatic rings. The van der Waals surface area contributed by atoms with Crippen molar-refractivity contribution in [3.8, 4) is 0 Å². The second-order valence-electron chi connectivity index (χ2n) is 4.65. The molecule has 0 saturated heterocycles. The molecule has 3 nitrogen and oxygen atoms in total. The molecule has 0 aliphatic heterocycles. The minimum absolute atomic E-state index is 0.264. The summed E-state index contributed by atoms with van der Waals surface area (Å²) in [6.45, 7) is 2.52. The van der Waals surface area contributed by atoms with E-state index in [1.807, 2.05) is 30.1 Å². The molecule has 100 valence electrons. The van der Waals surface area contributed by atoms with Gasteiger partial charge >= 0.3 is 0 Å². The molecule has 1 heterocycles. The van der Waals surface area contributed by atoms with Crippen LogP contribution in [0.3, 0.4) is 0 Å². The first-order valence-electron chi connectivity index (χ1n) is 6.24. The lowest BCUT2D eigenvalue weighted by molar-refractivity contribution is 0.619. The third kappa shape index (κ3) is 3.22. The molecule has 0 amide bonds. The largest absolute Gasteiger partial charge is 0.397 e. The third-order valence-corrected chi connectivity index (χ3v) is 3.15. The predicted octanol–water partition coefficient (Wildman–Crippen LogP) is 2.79. The number of benzene rings is 1. The highest BCUT2D eigenvalue weighted by Gasteiger charge is 2.09. The van der Waals surface area contributed by atoms with Crippen LogP contribution in [-0.4, -0.2) is 18.6 Å². The summed E-state index contributed by atoms with van der Waals surface area (Å²) >= 11 is 0. The van der Waals surface area contributed by atoms with Crippen molar-refractivity contribution < 1.29 is 4.39 Å². The standard InChI is InChI=1S/C15H18FN3/c1-11-9-15(14(17)10-13(11)16)19(2)8-6-12-5-3-4-7-18-12/h3-5,7,9-10H,6,8,17H2,1-2H3. The van der Waals surface area contributed by atoms with Crippen molar-refractivity contribution in [3.63, 3.8) is 0 Å². The Bertz CT molecular complexity index is 555. The fraction of sp³-hybridized carbons (Fsp3) is 0.267. The maximum Gasteiger partial charge on any atom is 0.128 e. The van der Waals surface area contributed by atoms with Gasteiger partial charge in [0.25, 0.3) is 0 Å². The molecule has 2 N–H and O–H groups in total. The number of hydrogen-bond donors (Lipinski definition) is 1. The van der Waals surface area contributed by atoms with Gasteiger partial charge in [0.05, 0.1) is 11.4 Å². The van der Waals surface area contributed by atoms with E-state index < -0.39 is 0 Å². The number of nitrogens with two attached hydrogens (primary N) is 1. The predicted molar refractivity (Wildman–Crippen MR) is 76.8 cm³/mol. The number of hydrogen-bond acceptors (Lipinski definition) is 3. The number of pyridine rings is 1. The first-order valence-corrected chi connectivity index (χ1v) is 6.24. The summed E-state index contributed by atoms with van der Waals surface area (Å²) in [5.41, 5.74) is 8.82. The lowest BCUT2D eigenvalue weighted by Crippen LogP contribution is -2.22. The number of nitrogens with zero attached hydrogens (tertiary/aromatic N) is 2. The molecule has 0 aliphatic carbocycles. The summed E-state index contributed by atoms with van der Waals surface area (Å²) < 4.78 is 13.4. The second kappa shape index (κ2) is 5.69. The zero-order chi connectivity index (χ0) is 13.8. The lowest BCUT2D eigenvalue weighted by atomic mass is 10.1. The maximum absolute atomic E-state index is 13.4. The number of rotatable bonds is 4. The van der Waals surface area contributed by atoms with Crippen LogP contribution >= 0.6 is 0 Å². The summed E-state index contributed by atoms with van der Waals surface area (Å²) in [5, 5.41) is 0. The van der Waals surface area contributed by atoms with Crippen LogP contribution in [0.4, 0.5) is 15.8 Å². The number of anilines is 2. The van der Waals surface area contributed by atoms with Gasteiger partial charge < -0.3 is 10.6 Å². The van der Waals surface area contributed by atoms with E-state index in [9.17, 15) is 4.39 Å². The van der Waals surface area contributed by atoms with E-state index in [0.717, 1.165) is 24.3 Å². The summed E-state index contributed by atoms with van der Waals surface area (Å²) in [6, 6.07) is 9.02. The van der Waals surface area contributed by atoms with Crippen LogP contribution in [0.2, 0.25) is 0 Å². The number of aromatic nitrogens is 1. The van der Waals surface area contributed by atoms with Crippen LogP contribution in [-0.2, 0) is 6.42 Å². The van der Waals surface area contributed by atoms with E-state index in [0.29, 0.717) is 11.3 Å². The molecule has 1 aromatic carbocycles. The molecular formula is C15H18FN3. The van der Waals surface area contributed by atoms with Gasteiger partial charge in [0.2, 0.25) is 0 Å². The molecule has 0 unspecified atom stereocenters. The fourth-order valence-corrected chi connectivity index (χ4v) is 1.96. The Morgan fingerprint density at radius 1 is 1.32 bits per heavy atom. The second-order valence-corrected chi connectivity index (χ2v) is 4.65. The molecule has 0 aliphatic rings. The van der Waals surface area contributed by atoms with Crippen molar-refractivity contribution in [2.45, 2.75) is 13.3 Å². The first-order chi connectivity index (χ1) is 9.08. The van der Waals surface area contributed by atoms with E-state index in [2.05, 4.69) is 4.98 Å². The van der Waals surface area contributed by atoms with Gasteiger partial charge in [0.15, 0.2) is 0 Å². The Morgan fingerprint density at radius 3 is 2.79 bits per heavy atom. The van der Waals surface area contributed by atoms with Crippen LogP contribution in [0.25, 0.3) is 0 Å². The van der Waals surface area contributed by atoms with Gasteiger partial charge in [-0.3, -0.25) is 4.98 Å². The van der Waals surface area contributed by atoms with Crippen LogP contribution in [0.5, 0.6) is 0 Å². The van der Waals surface area contributed by atoms with Crippen molar-refractivity contribution in [1.29, 1.82) is 0 Å². The van der Waals surface area contributed by atoms with Crippen LogP contribution in [0, 0.1) is 12.7 Å². The highest BCUT2D eigenvalue weighted by atomic mass is 19.1. The number of likely N-dealkylation sites (N-methyl/N-ethyl adjacent to an activating group) is 1. The minimum Gasteiger partial charge on any atom is -0.397 e. The first kappa shape index (κ1) is 13.3. The minimum atomic E-state index is -0.264. The molecule has 19 heavy (non-hydrogen) atoms. The monoisotopic (exact) mass is 259 g/mol. The SMILES string of the molecule is Cc1cc(N(C)CCc2ccccn2)c(N)cc1F. The molecule has 1 aromatic heterocycles. The van der Waals surface area contributed by atoms with Gasteiger partial charge in [-0.15, -0.1) is 0 Å². The Kier molecular flexibility index (Phi) is 4.00. The zero-order valence-electron chi connectivity index (χ0n) is 11.2. The lowest BCUT2D eigenvalue weighted by Gasteiger charge is -2.21. The van der Waals surface area contributed by atoms with Crippen molar-refractivity contribution in [3.05, 3.63) is 53.6 Å². The zero-order valence-corrected chi connectivity index (χ0v) is 11.2. The van der Waals surface area contributed by atoms with Crippen molar-refractivity contribution in [1.82, 2.24) is 4.98 Å². The average molecular weight is 259 g/mol. The van der Waals surface area contributed by atoms with Crippen molar-refractivity contribution >= 4 is 11.4 Å². The molecule has 0 spiro atoms. The van der Waals surface area contributed by atoms with Gasteiger partial charge in [0.1, 0.15) is 5.82 Å². The van der Waals surface area contributed by atoms with Crippen molar-refractivity contribution in [2.75, 3.05) is 24.2 Å². The molecule has 2 rings (SSSR count). The molecule has 4 heteroatoms. The topological polar surface area (TPSA) is 42.2 Å². The van der Waals surface area contributed by atoms with E-state index in [1.165, 1.54) is 6.07 Å². The van der Waals surface area contributed by atoms with E-state index >= 15 is 0 Å². The molecule has 0 bridgehead atoms. The smallest absolute Gasteiger partial charge is 0.128 e. The van der Waals surface area contributed by atoms with Crippen LogP contribution in [0.15, 0.2) is 36.5 Å². The van der Waals surface area contributed by atoms with Gasteiger partial charge in [-0.25, -0.2) is 4.39 Å². The van der Waals surface area contributed by atoms with Gasteiger partial charge in [-0.1, -0.05) is 6.07 Å². The van der Waals surface area contributed by atoms with Gasteiger partial charge in [0, 0.05) is 31.9 Å². The average Bonchev–Trinajstić information content (AvgIpc) is 2.41. The Morgan fingerprint density at radius 2 is 2.11 bits per heavy atom. The summed E-state index contributed by atoms with van der Waals surface area (Å²) in [4.78, 5) is 6.30. The summed E-state index contributed by atoms with van der Waals surface area (Å²) in [6.07, 6.45) is 2.61. The number of aryl methyl sites for hydroxylation is 1. The molecule has 0 fully saturated rings. The van der Waals surface area contributed by atoms with E-state index in [4.69, 9.17) is 5.73 Å². The van der Waals surface area contributed by atoms with Crippen molar-refractivity contribution in [2.24, 2.45) is 0 Å². The van der Waals surface area contributed by atoms with Gasteiger partial charge in [-0.05, 0) is 36.8 Å². The molecule has 0 atom stereocenters. The quantitative estimate of drug-likeness (QED) is 0.858. The van der Waals surface area contributed by atoms with E-state index in [1.54, 1.807) is 19.2 Å². The highest BCUT2D eigenvalue weighted by Crippen LogP contribution is 2.25. The highest BCUT2D eigenvalue weighted by molar-refractivity contribution is 5.68. The maximum atomic E-state index is 13.4. The fourth-order valence-electron chi connectivity index (χ4n) is 1.96. The Hall–Kier alpha value is -2.10. The Balaban J connectivity index is 2.08. The Labute approximate surface area is 112 Å². The third-order valence-electron chi connectivity index (χ3n) is 3.15. The van der Waals surface area contributed by atoms with E-state index in [-0.39, 0.29) is 5.82 Å². The molecule has 0 saturated carbocycles. The number of halogens is 1. The normalized spacial score (nSPS) is 10.5. The van der Waals surface area contributed by atoms with Crippen LogP contribution in [0.1, 0.15) is 11.3 Å². The number of nitrogen functional groups attached to an aromatic ring is 1. The summed E-state index contributed by atoms with van der Waals surface area (Å²) in [7, 11) is 1.95. The summed E-state index contributed by atoms with van der Waals surface area (Å²) in [5.74, 6) is -0.264. The van der Waals surface area contributed by atoms with Gasteiger partial charge in [-0.2, -0.15) is 0 Å².